The molecule has 0 radical (unpaired) electrons. The Morgan fingerprint density at radius 1 is 1.09 bits per heavy atom. The number of β-amino-alcohol motifs (C(OH)–C–C–N with tert-alkyl or cyclic N) is 1. The molecule has 1 aliphatic heterocycles. The highest BCUT2D eigenvalue weighted by molar-refractivity contribution is 6.31. The molecule has 0 saturated carbocycles. The minimum absolute atomic E-state index is 0.0193. The summed E-state index contributed by atoms with van der Waals surface area (Å²) in [4.78, 5) is 27.2. The second-order valence-electron chi connectivity index (χ2n) is 11.3. The summed E-state index contributed by atoms with van der Waals surface area (Å²) < 4.78 is 17.3. The van der Waals surface area contributed by atoms with Gasteiger partial charge in [0, 0.05) is 6.42 Å². The number of hydrogen-bond acceptors (Lipinski definition) is 6. The average molecular weight is 466 g/mol. The number of carbonyl (C=O) groups is 2. The molecule has 0 unspecified atom stereocenters. The molecule has 1 aromatic carbocycles. The molecule has 1 N–H and O–H groups in total. The van der Waals surface area contributed by atoms with Gasteiger partial charge in [-0.15, -0.1) is 0 Å². The van der Waals surface area contributed by atoms with Crippen LogP contribution in [0.3, 0.4) is 0 Å². The SMILES string of the molecule is CC(C)(C)OC(=O)N1C[C@@](O)(C(C)(C)O[SiH2]C(C)(C)C)C[C@H]1C(=O)OCc1ccccc1. The third kappa shape index (κ3) is 7.05. The quantitative estimate of drug-likeness (QED) is 0.511. The van der Waals surface area contributed by atoms with Crippen LogP contribution in [-0.4, -0.2) is 61.2 Å². The smallest absolute Gasteiger partial charge is 0.411 e. The molecule has 1 aromatic rings. The van der Waals surface area contributed by atoms with Crippen LogP contribution in [0.4, 0.5) is 4.79 Å². The monoisotopic (exact) mass is 465 g/mol. The van der Waals surface area contributed by atoms with Crippen molar-refractivity contribution in [1.29, 1.82) is 0 Å². The van der Waals surface area contributed by atoms with E-state index in [0.29, 0.717) is 0 Å². The molecule has 1 heterocycles. The van der Waals surface area contributed by atoms with Gasteiger partial charge in [-0.1, -0.05) is 51.1 Å². The van der Waals surface area contributed by atoms with Crippen LogP contribution < -0.4 is 0 Å². The molecule has 1 saturated heterocycles. The number of nitrogens with zero attached hydrogens (tertiary/aromatic N) is 1. The van der Waals surface area contributed by atoms with Crippen LogP contribution in [0.25, 0.3) is 0 Å². The van der Waals surface area contributed by atoms with Crippen LogP contribution in [-0.2, 0) is 25.3 Å². The first-order valence-corrected chi connectivity index (χ1v) is 12.4. The maximum absolute atomic E-state index is 13.0. The number of rotatable bonds is 6. The molecule has 0 spiro atoms. The fraction of sp³-hybridized carbons (Fsp3) is 0.667. The largest absolute Gasteiger partial charge is 0.459 e. The summed E-state index contributed by atoms with van der Waals surface area (Å²) in [6, 6.07) is 8.37. The molecule has 1 amide bonds. The Morgan fingerprint density at radius 3 is 2.22 bits per heavy atom. The van der Waals surface area contributed by atoms with Crippen LogP contribution in [0.1, 0.15) is 67.4 Å². The second-order valence-corrected chi connectivity index (χ2v) is 14.0. The molecule has 0 aromatic heterocycles. The Bertz CT molecular complexity index is 799. The first-order chi connectivity index (χ1) is 14.5. The minimum atomic E-state index is -1.42. The molecule has 1 aliphatic rings. The lowest BCUT2D eigenvalue weighted by molar-refractivity contribution is -0.150. The van der Waals surface area contributed by atoms with Gasteiger partial charge in [-0.3, -0.25) is 4.90 Å². The third-order valence-electron chi connectivity index (χ3n) is 5.45. The molecule has 32 heavy (non-hydrogen) atoms. The molecule has 0 bridgehead atoms. The van der Waals surface area contributed by atoms with Crippen molar-refractivity contribution in [2.24, 2.45) is 0 Å². The first kappa shape index (κ1) is 26.4. The van der Waals surface area contributed by atoms with Crippen LogP contribution in [0.2, 0.25) is 5.04 Å². The molecule has 0 aliphatic carbocycles. The summed E-state index contributed by atoms with van der Waals surface area (Å²) in [6.45, 7) is 15.2. The molecule has 7 nitrogen and oxygen atoms in total. The van der Waals surface area contributed by atoms with Crippen molar-refractivity contribution in [2.45, 2.75) is 96.3 Å². The summed E-state index contributed by atoms with van der Waals surface area (Å²) in [5.74, 6) is -0.570. The number of benzene rings is 1. The summed E-state index contributed by atoms with van der Waals surface area (Å²) in [5, 5.41) is 11.6. The second kappa shape index (κ2) is 9.53. The summed E-state index contributed by atoms with van der Waals surface area (Å²) in [5.41, 5.74) is -2.25. The van der Waals surface area contributed by atoms with E-state index in [-0.39, 0.29) is 24.6 Å². The van der Waals surface area contributed by atoms with E-state index in [1.807, 2.05) is 44.2 Å². The number of esters is 1. The van der Waals surface area contributed by atoms with E-state index in [1.54, 1.807) is 20.8 Å². The number of ether oxygens (including phenoxy) is 2. The lowest BCUT2D eigenvalue weighted by atomic mass is 9.84. The van der Waals surface area contributed by atoms with Crippen LogP contribution in [0.15, 0.2) is 30.3 Å². The van der Waals surface area contributed by atoms with E-state index in [4.69, 9.17) is 13.9 Å². The van der Waals surface area contributed by atoms with Gasteiger partial charge in [0.05, 0.1) is 12.1 Å². The van der Waals surface area contributed by atoms with E-state index in [2.05, 4.69) is 20.8 Å². The number of hydrogen-bond donors (Lipinski definition) is 1. The maximum Gasteiger partial charge on any atom is 0.411 e. The van der Waals surface area contributed by atoms with Crippen molar-refractivity contribution < 1.29 is 28.6 Å². The van der Waals surface area contributed by atoms with E-state index < -0.39 is 44.7 Å². The molecule has 2 atom stereocenters. The number of carbonyl (C=O) groups excluding carboxylic acids is 2. The van der Waals surface area contributed by atoms with Crippen LogP contribution in [0, 0.1) is 0 Å². The van der Waals surface area contributed by atoms with Crippen LogP contribution >= 0.6 is 0 Å². The molecular formula is C24H39NO6Si. The van der Waals surface area contributed by atoms with Crippen molar-refractivity contribution in [2.75, 3.05) is 6.54 Å². The van der Waals surface area contributed by atoms with E-state index >= 15 is 0 Å². The molecule has 2 rings (SSSR count). The molecular weight excluding hydrogens is 426 g/mol. The van der Waals surface area contributed by atoms with Gasteiger partial charge in [-0.05, 0) is 45.2 Å². The minimum Gasteiger partial charge on any atom is -0.459 e. The molecule has 1 fully saturated rings. The zero-order valence-electron chi connectivity index (χ0n) is 20.7. The number of amides is 1. The van der Waals surface area contributed by atoms with Crippen molar-refractivity contribution in [1.82, 2.24) is 4.90 Å². The van der Waals surface area contributed by atoms with Crippen molar-refractivity contribution >= 4 is 21.8 Å². The highest BCUT2D eigenvalue weighted by atomic mass is 28.2. The Kier molecular flexibility index (Phi) is 7.85. The van der Waals surface area contributed by atoms with E-state index in [1.165, 1.54) is 4.90 Å². The average Bonchev–Trinajstić information content (AvgIpc) is 3.04. The topological polar surface area (TPSA) is 85.3 Å². The highest BCUT2D eigenvalue weighted by Crippen LogP contribution is 2.40. The van der Waals surface area contributed by atoms with Gasteiger partial charge in [0.2, 0.25) is 0 Å². The zero-order chi connectivity index (χ0) is 24.4. The summed E-state index contributed by atoms with van der Waals surface area (Å²) in [6.07, 6.45) is -0.634. The van der Waals surface area contributed by atoms with Gasteiger partial charge in [0.1, 0.15) is 23.9 Å². The van der Waals surface area contributed by atoms with Gasteiger partial charge in [-0.2, -0.15) is 0 Å². The summed E-state index contributed by atoms with van der Waals surface area (Å²) in [7, 11) is -0.981. The van der Waals surface area contributed by atoms with Gasteiger partial charge in [0.25, 0.3) is 0 Å². The zero-order valence-corrected chi connectivity index (χ0v) is 22.1. The third-order valence-corrected chi connectivity index (χ3v) is 7.18. The van der Waals surface area contributed by atoms with E-state index in [0.717, 1.165) is 5.56 Å². The standard InChI is InChI=1S/C24H39NO6Si/c1-21(2,3)30-20(27)25-16-24(28,23(7,8)31-32-22(4,5)6)14-18(25)19(26)29-15-17-12-10-9-11-13-17/h9-13,18,28H,14-16,32H2,1-8H3/t18-,24+/m0/s1. The van der Waals surface area contributed by atoms with Crippen molar-refractivity contribution in [3.05, 3.63) is 35.9 Å². The van der Waals surface area contributed by atoms with Gasteiger partial charge in [-0.25, -0.2) is 9.59 Å². The fourth-order valence-corrected chi connectivity index (χ4v) is 4.46. The number of aliphatic hydroxyl groups is 1. The molecule has 180 valence electrons. The van der Waals surface area contributed by atoms with Gasteiger partial charge < -0.3 is 19.0 Å². The Balaban J connectivity index is 2.23. The lowest BCUT2D eigenvalue weighted by Crippen LogP contribution is -2.55. The lowest BCUT2D eigenvalue weighted by Gasteiger charge is -2.41. The predicted octanol–water partition coefficient (Wildman–Crippen LogP) is 3.57. The van der Waals surface area contributed by atoms with E-state index in [9.17, 15) is 14.7 Å². The normalized spacial score (nSPS) is 22.4. The van der Waals surface area contributed by atoms with Crippen molar-refractivity contribution in [3.8, 4) is 0 Å². The van der Waals surface area contributed by atoms with Crippen molar-refractivity contribution in [3.63, 3.8) is 0 Å². The Labute approximate surface area is 194 Å². The summed E-state index contributed by atoms with van der Waals surface area (Å²) >= 11 is 0. The first-order valence-electron chi connectivity index (χ1n) is 11.1. The number of likely N-dealkylation sites (tertiary alicyclic amines) is 1. The van der Waals surface area contributed by atoms with Crippen LogP contribution in [0.5, 0.6) is 0 Å². The fourth-order valence-electron chi connectivity index (χ4n) is 3.40. The predicted molar refractivity (Wildman–Crippen MR) is 126 cm³/mol. The molecule has 8 heteroatoms. The van der Waals surface area contributed by atoms with Gasteiger partial charge in [0.15, 0.2) is 9.76 Å². The Hall–Kier alpha value is -1.90. The highest BCUT2D eigenvalue weighted by Gasteiger charge is 2.57. The Morgan fingerprint density at radius 2 is 1.69 bits per heavy atom. The van der Waals surface area contributed by atoms with Gasteiger partial charge >= 0.3 is 12.1 Å². The maximum atomic E-state index is 13.0.